The number of hydrogen-bond acceptors (Lipinski definition) is 1. The van der Waals surface area contributed by atoms with E-state index in [1.807, 2.05) is 6.92 Å². The van der Waals surface area contributed by atoms with Gasteiger partial charge in [0.15, 0.2) is 0 Å². The molecule has 1 N–H and O–H groups in total. The van der Waals surface area contributed by atoms with E-state index in [1.165, 1.54) is 22.3 Å². The minimum atomic E-state index is 0.451. The lowest BCUT2D eigenvalue weighted by molar-refractivity contribution is 1.25. The molecule has 0 radical (unpaired) electrons. The summed E-state index contributed by atoms with van der Waals surface area (Å²) in [6.45, 7) is 8.32. The van der Waals surface area contributed by atoms with E-state index in [0.29, 0.717) is 5.28 Å². The second-order valence-corrected chi connectivity index (χ2v) is 4.63. The van der Waals surface area contributed by atoms with E-state index >= 15 is 0 Å². The zero-order valence-electron chi connectivity index (χ0n) is 9.98. The van der Waals surface area contributed by atoms with Crippen LogP contribution in [0.2, 0.25) is 5.28 Å². The predicted molar refractivity (Wildman–Crippen MR) is 68.0 cm³/mol. The monoisotopic (exact) mass is 234 g/mol. The lowest BCUT2D eigenvalue weighted by atomic mass is 9.97. The molecule has 2 nitrogen and oxygen atoms in total. The van der Waals surface area contributed by atoms with Crippen LogP contribution in [0.3, 0.4) is 0 Å². The van der Waals surface area contributed by atoms with Crippen molar-refractivity contribution in [1.82, 2.24) is 9.97 Å². The maximum Gasteiger partial charge on any atom is 0.200 e. The van der Waals surface area contributed by atoms with Gasteiger partial charge in [-0.1, -0.05) is 17.7 Å². The van der Waals surface area contributed by atoms with Crippen LogP contribution in [0, 0.1) is 27.7 Å². The Hall–Kier alpha value is -1.28. The first-order valence-electron chi connectivity index (χ1n) is 5.29. The smallest absolute Gasteiger partial charge is 0.200 e. The second-order valence-electron chi connectivity index (χ2n) is 4.27. The standard InChI is InChI=1S/C13H15ClN2/c1-7-5-8(2)11(9(3)6-7)12-10(4)15-13(14)16-12/h5-6H,1-4H3,(H,15,16). The van der Waals surface area contributed by atoms with E-state index < -0.39 is 0 Å². The maximum atomic E-state index is 5.88. The summed E-state index contributed by atoms with van der Waals surface area (Å²) in [7, 11) is 0. The first-order chi connectivity index (χ1) is 7.49. The fraction of sp³-hybridized carbons (Fsp3) is 0.308. The third kappa shape index (κ3) is 1.85. The van der Waals surface area contributed by atoms with Crippen molar-refractivity contribution in [1.29, 1.82) is 0 Å². The summed E-state index contributed by atoms with van der Waals surface area (Å²) >= 11 is 5.88. The van der Waals surface area contributed by atoms with E-state index in [-0.39, 0.29) is 0 Å². The molecule has 0 saturated heterocycles. The van der Waals surface area contributed by atoms with Crippen LogP contribution in [0.1, 0.15) is 22.4 Å². The topological polar surface area (TPSA) is 28.7 Å². The summed E-state index contributed by atoms with van der Waals surface area (Å²) in [6, 6.07) is 4.34. The number of nitrogens with one attached hydrogen (secondary N) is 1. The predicted octanol–water partition coefficient (Wildman–Crippen LogP) is 3.96. The van der Waals surface area contributed by atoms with Gasteiger partial charge in [0.25, 0.3) is 0 Å². The first-order valence-corrected chi connectivity index (χ1v) is 5.67. The SMILES string of the molecule is Cc1cc(C)c(-c2nc(Cl)[nH]c2C)c(C)c1. The molecule has 1 aromatic carbocycles. The fourth-order valence-corrected chi connectivity index (χ4v) is 2.45. The maximum absolute atomic E-state index is 5.88. The van der Waals surface area contributed by atoms with E-state index in [9.17, 15) is 0 Å². The van der Waals surface area contributed by atoms with Crippen LogP contribution in [0.5, 0.6) is 0 Å². The zero-order valence-corrected chi connectivity index (χ0v) is 10.7. The molecule has 16 heavy (non-hydrogen) atoms. The van der Waals surface area contributed by atoms with E-state index in [2.05, 4.69) is 42.9 Å². The molecule has 0 aliphatic carbocycles. The Kier molecular flexibility index (Phi) is 2.76. The van der Waals surface area contributed by atoms with Gasteiger partial charge in [0.05, 0.1) is 5.69 Å². The number of nitrogens with zero attached hydrogens (tertiary/aromatic N) is 1. The summed E-state index contributed by atoms with van der Waals surface area (Å²) in [5.41, 5.74) is 6.91. The molecule has 1 aromatic heterocycles. The van der Waals surface area contributed by atoms with Crippen LogP contribution >= 0.6 is 11.6 Å². The molecule has 84 valence electrons. The van der Waals surface area contributed by atoms with Gasteiger partial charge in [0.1, 0.15) is 0 Å². The lowest BCUT2D eigenvalue weighted by Crippen LogP contribution is -1.91. The largest absolute Gasteiger partial charge is 0.332 e. The number of H-pyrrole nitrogens is 1. The Morgan fingerprint density at radius 3 is 2.06 bits per heavy atom. The summed E-state index contributed by atoms with van der Waals surface area (Å²) in [6.07, 6.45) is 0. The van der Waals surface area contributed by atoms with Crippen molar-refractivity contribution in [2.75, 3.05) is 0 Å². The number of halogens is 1. The number of aryl methyl sites for hydroxylation is 4. The van der Waals surface area contributed by atoms with Gasteiger partial charge in [-0.2, -0.15) is 0 Å². The van der Waals surface area contributed by atoms with Gasteiger partial charge < -0.3 is 4.98 Å². The minimum absolute atomic E-state index is 0.451. The van der Waals surface area contributed by atoms with Crippen LogP contribution in [0.4, 0.5) is 0 Å². The minimum Gasteiger partial charge on any atom is -0.332 e. The molecule has 0 spiro atoms. The number of imidazole rings is 1. The zero-order chi connectivity index (χ0) is 11.9. The summed E-state index contributed by atoms with van der Waals surface area (Å²) < 4.78 is 0. The van der Waals surface area contributed by atoms with Crippen LogP contribution < -0.4 is 0 Å². The van der Waals surface area contributed by atoms with Crippen LogP contribution in [-0.4, -0.2) is 9.97 Å². The highest BCUT2D eigenvalue weighted by atomic mass is 35.5. The van der Waals surface area contributed by atoms with Gasteiger partial charge in [0, 0.05) is 11.3 Å². The Balaban J connectivity index is 2.69. The molecule has 0 fully saturated rings. The molecule has 0 saturated carbocycles. The van der Waals surface area contributed by atoms with Crippen molar-refractivity contribution in [2.45, 2.75) is 27.7 Å². The average Bonchev–Trinajstić information content (AvgIpc) is 2.43. The number of aromatic nitrogens is 2. The number of aromatic amines is 1. The Bertz CT molecular complexity index is 518. The normalized spacial score (nSPS) is 10.8. The molecule has 0 amide bonds. The third-order valence-corrected chi connectivity index (χ3v) is 2.95. The second kappa shape index (κ2) is 3.95. The molecular weight excluding hydrogens is 220 g/mol. The van der Waals surface area contributed by atoms with E-state index in [1.54, 1.807) is 0 Å². The fourth-order valence-electron chi connectivity index (χ4n) is 2.22. The Labute approximate surface area is 101 Å². The molecule has 0 aliphatic heterocycles. The molecule has 2 rings (SSSR count). The number of benzene rings is 1. The molecule has 0 bridgehead atoms. The van der Waals surface area contributed by atoms with Crippen molar-refractivity contribution in [2.24, 2.45) is 0 Å². The highest BCUT2D eigenvalue weighted by Gasteiger charge is 2.13. The highest BCUT2D eigenvalue weighted by Crippen LogP contribution is 2.30. The molecule has 0 unspecified atom stereocenters. The van der Waals surface area contributed by atoms with Gasteiger partial charge in [0.2, 0.25) is 5.28 Å². The molecule has 0 aliphatic rings. The van der Waals surface area contributed by atoms with Gasteiger partial charge in [-0.05, 0) is 50.4 Å². The van der Waals surface area contributed by atoms with E-state index in [0.717, 1.165) is 11.4 Å². The van der Waals surface area contributed by atoms with Crippen molar-refractivity contribution in [3.63, 3.8) is 0 Å². The lowest BCUT2D eigenvalue weighted by Gasteiger charge is -2.09. The van der Waals surface area contributed by atoms with Crippen molar-refractivity contribution in [3.05, 3.63) is 39.8 Å². The third-order valence-electron chi connectivity index (χ3n) is 2.77. The average molecular weight is 235 g/mol. The molecule has 1 heterocycles. The van der Waals surface area contributed by atoms with Gasteiger partial charge in [-0.3, -0.25) is 0 Å². The van der Waals surface area contributed by atoms with Crippen LogP contribution in [0.25, 0.3) is 11.3 Å². The van der Waals surface area contributed by atoms with Gasteiger partial charge in [-0.25, -0.2) is 4.98 Å². The molecule has 0 atom stereocenters. The quantitative estimate of drug-likeness (QED) is 0.795. The Morgan fingerprint density at radius 1 is 1.06 bits per heavy atom. The van der Waals surface area contributed by atoms with E-state index in [4.69, 9.17) is 11.6 Å². The van der Waals surface area contributed by atoms with Gasteiger partial charge >= 0.3 is 0 Å². The van der Waals surface area contributed by atoms with Crippen molar-refractivity contribution in [3.8, 4) is 11.3 Å². The number of hydrogen-bond donors (Lipinski definition) is 1. The highest BCUT2D eigenvalue weighted by molar-refractivity contribution is 6.28. The molecular formula is C13H15ClN2. The summed E-state index contributed by atoms with van der Waals surface area (Å²) in [4.78, 5) is 7.37. The molecule has 2 aromatic rings. The first kappa shape index (κ1) is 11.2. The van der Waals surface area contributed by atoms with Crippen LogP contribution in [-0.2, 0) is 0 Å². The number of rotatable bonds is 1. The van der Waals surface area contributed by atoms with Gasteiger partial charge in [-0.15, -0.1) is 0 Å². The summed E-state index contributed by atoms with van der Waals surface area (Å²) in [5.74, 6) is 0. The van der Waals surface area contributed by atoms with Crippen molar-refractivity contribution >= 4 is 11.6 Å². The summed E-state index contributed by atoms with van der Waals surface area (Å²) in [5, 5.41) is 0.451. The Morgan fingerprint density at radius 2 is 1.62 bits per heavy atom. The van der Waals surface area contributed by atoms with Crippen LogP contribution in [0.15, 0.2) is 12.1 Å². The molecule has 3 heteroatoms. The van der Waals surface area contributed by atoms with Crippen molar-refractivity contribution < 1.29 is 0 Å².